The minimum Gasteiger partial charge on any atom is -0.496 e. The molecule has 0 saturated heterocycles. The van der Waals surface area contributed by atoms with Crippen molar-refractivity contribution in [1.29, 1.82) is 0 Å². The zero-order valence-electron chi connectivity index (χ0n) is 12.8. The fourth-order valence-corrected chi connectivity index (χ4v) is 3.57. The second-order valence-corrected chi connectivity index (χ2v) is 6.87. The molecule has 0 heterocycles. The molecule has 1 aliphatic rings. The first-order valence-electron chi connectivity index (χ1n) is 7.59. The van der Waals surface area contributed by atoms with E-state index in [0.717, 1.165) is 41.0 Å². The van der Waals surface area contributed by atoms with E-state index in [9.17, 15) is 0 Å². The van der Waals surface area contributed by atoms with Gasteiger partial charge >= 0.3 is 0 Å². The van der Waals surface area contributed by atoms with Crippen LogP contribution in [0.5, 0.6) is 5.75 Å². The van der Waals surface area contributed by atoms with Crippen molar-refractivity contribution >= 4 is 11.6 Å². The summed E-state index contributed by atoms with van der Waals surface area (Å²) in [5.74, 6) is 2.38. The molecule has 2 rings (SSSR count). The molecule has 2 nitrogen and oxygen atoms in total. The molecule has 0 aromatic heterocycles. The number of methoxy groups -OCH3 is 1. The van der Waals surface area contributed by atoms with Crippen molar-refractivity contribution < 1.29 is 4.74 Å². The number of ether oxygens (including phenoxy) is 1. The topological polar surface area (TPSA) is 35.2 Å². The third kappa shape index (κ3) is 3.29. The number of hydrogen-bond donors (Lipinski definition) is 1. The third-order valence-corrected chi connectivity index (χ3v) is 5.03. The first-order chi connectivity index (χ1) is 9.46. The zero-order chi connectivity index (χ0) is 14.8. The van der Waals surface area contributed by atoms with Crippen molar-refractivity contribution in [3.63, 3.8) is 0 Å². The summed E-state index contributed by atoms with van der Waals surface area (Å²) in [7, 11) is 1.70. The molecule has 0 radical (unpaired) electrons. The van der Waals surface area contributed by atoms with Crippen molar-refractivity contribution in [3.05, 3.63) is 28.8 Å². The molecule has 0 aliphatic heterocycles. The summed E-state index contributed by atoms with van der Waals surface area (Å²) < 4.78 is 5.50. The Morgan fingerprint density at radius 2 is 2.05 bits per heavy atom. The second kappa shape index (κ2) is 6.36. The number of hydrogen-bond acceptors (Lipinski definition) is 2. The highest BCUT2D eigenvalue weighted by atomic mass is 35.5. The summed E-state index contributed by atoms with van der Waals surface area (Å²) in [5.41, 5.74) is 7.51. The number of halogens is 1. The van der Waals surface area contributed by atoms with E-state index in [4.69, 9.17) is 22.1 Å². The summed E-state index contributed by atoms with van der Waals surface area (Å²) in [6.45, 7) is 4.63. The average Bonchev–Trinajstić information content (AvgIpc) is 2.62. The van der Waals surface area contributed by atoms with Gasteiger partial charge in [0.25, 0.3) is 0 Å². The molecule has 1 fully saturated rings. The molecule has 1 aliphatic carbocycles. The van der Waals surface area contributed by atoms with Crippen LogP contribution in [-0.2, 0) is 5.54 Å². The lowest BCUT2D eigenvalue weighted by atomic mass is 9.82. The van der Waals surface area contributed by atoms with Crippen LogP contribution >= 0.6 is 11.6 Å². The van der Waals surface area contributed by atoms with E-state index < -0.39 is 0 Å². The maximum absolute atomic E-state index is 6.75. The second-order valence-electron chi connectivity index (χ2n) is 6.44. The Kier molecular flexibility index (Phi) is 4.98. The van der Waals surface area contributed by atoms with E-state index in [-0.39, 0.29) is 5.54 Å². The van der Waals surface area contributed by atoms with Crippen molar-refractivity contribution in [2.24, 2.45) is 17.6 Å². The molecular weight excluding hydrogens is 270 g/mol. The Morgan fingerprint density at radius 3 is 2.70 bits per heavy atom. The molecular formula is C17H26ClNO. The third-order valence-electron chi connectivity index (χ3n) is 4.80. The van der Waals surface area contributed by atoms with Crippen LogP contribution < -0.4 is 10.5 Å². The molecule has 0 spiro atoms. The van der Waals surface area contributed by atoms with E-state index in [2.05, 4.69) is 13.8 Å². The maximum atomic E-state index is 6.75. The SMILES string of the molecule is COc1ccc(Cl)cc1C1(N)CCCC(C(C)C)CC1. The molecule has 1 saturated carbocycles. The van der Waals surface area contributed by atoms with Gasteiger partial charge in [0, 0.05) is 16.1 Å². The van der Waals surface area contributed by atoms with Gasteiger partial charge in [0.2, 0.25) is 0 Å². The van der Waals surface area contributed by atoms with Crippen LogP contribution in [0.1, 0.15) is 51.5 Å². The standard InChI is InChI=1S/C17H26ClNO/c1-12(2)13-5-4-9-17(19,10-8-13)15-11-14(18)6-7-16(15)20-3/h6-7,11-13H,4-5,8-10,19H2,1-3H3. The molecule has 3 heteroatoms. The van der Waals surface area contributed by atoms with E-state index in [1.165, 1.54) is 19.3 Å². The van der Waals surface area contributed by atoms with Gasteiger partial charge in [0.05, 0.1) is 7.11 Å². The van der Waals surface area contributed by atoms with Crippen LogP contribution in [0.2, 0.25) is 5.02 Å². The first-order valence-corrected chi connectivity index (χ1v) is 7.97. The van der Waals surface area contributed by atoms with Gasteiger partial charge in [-0.05, 0) is 49.3 Å². The van der Waals surface area contributed by atoms with Crippen molar-refractivity contribution in [3.8, 4) is 5.75 Å². The summed E-state index contributed by atoms with van der Waals surface area (Å²) >= 11 is 6.16. The molecule has 0 bridgehead atoms. The maximum Gasteiger partial charge on any atom is 0.124 e. The van der Waals surface area contributed by atoms with E-state index >= 15 is 0 Å². The van der Waals surface area contributed by atoms with Gasteiger partial charge in [-0.1, -0.05) is 38.3 Å². The first kappa shape index (κ1) is 15.7. The van der Waals surface area contributed by atoms with Gasteiger partial charge in [-0.25, -0.2) is 0 Å². The lowest BCUT2D eigenvalue weighted by molar-refractivity contribution is 0.318. The van der Waals surface area contributed by atoms with Gasteiger partial charge in [-0.3, -0.25) is 0 Å². The van der Waals surface area contributed by atoms with Crippen LogP contribution in [0.4, 0.5) is 0 Å². The number of nitrogens with two attached hydrogens (primary N) is 1. The number of benzene rings is 1. The molecule has 20 heavy (non-hydrogen) atoms. The quantitative estimate of drug-likeness (QED) is 0.818. The van der Waals surface area contributed by atoms with E-state index in [1.807, 2.05) is 18.2 Å². The lowest BCUT2D eigenvalue weighted by Gasteiger charge is -2.30. The zero-order valence-corrected chi connectivity index (χ0v) is 13.5. The lowest BCUT2D eigenvalue weighted by Crippen LogP contribution is -2.36. The van der Waals surface area contributed by atoms with Gasteiger partial charge in [0.1, 0.15) is 5.75 Å². The minimum absolute atomic E-state index is 0.306. The summed E-state index contributed by atoms with van der Waals surface area (Å²) in [6, 6.07) is 5.77. The normalized spacial score (nSPS) is 27.4. The molecule has 1 aromatic rings. The summed E-state index contributed by atoms with van der Waals surface area (Å²) in [5, 5.41) is 0.732. The fraction of sp³-hybridized carbons (Fsp3) is 0.647. The van der Waals surface area contributed by atoms with E-state index in [1.54, 1.807) is 7.11 Å². The van der Waals surface area contributed by atoms with E-state index in [0.29, 0.717) is 0 Å². The Balaban J connectivity index is 2.28. The summed E-state index contributed by atoms with van der Waals surface area (Å²) in [4.78, 5) is 0. The smallest absolute Gasteiger partial charge is 0.124 e. The fourth-order valence-electron chi connectivity index (χ4n) is 3.40. The highest BCUT2D eigenvalue weighted by molar-refractivity contribution is 6.30. The van der Waals surface area contributed by atoms with Crippen LogP contribution in [-0.4, -0.2) is 7.11 Å². The monoisotopic (exact) mass is 295 g/mol. The highest BCUT2D eigenvalue weighted by Gasteiger charge is 2.34. The predicted molar refractivity (Wildman–Crippen MR) is 85.3 cm³/mol. The van der Waals surface area contributed by atoms with Gasteiger partial charge in [0.15, 0.2) is 0 Å². The Morgan fingerprint density at radius 1 is 1.30 bits per heavy atom. The molecule has 1 aromatic carbocycles. The van der Waals surface area contributed by atoms with Crippen LogP contribution in [0.25, 0.3) is 0 Å². The molecule has 2 unspecified atom stereocenters. The van der Waals surface area contributed by atoms with Crippen LogP contribution in [0.3, 0.4) is 0 Å². The largest absolute Gasteiger partial charge is 0.496 e. The predicted octanol–water partition coefficient (Wildman–Crippen LogP) is 4.74. The van der Waals surface area contributed by atoms with Gasteiger partial charge in [-0.15, -0.1) is 0 Å². The summed E-state index contributed by atoms with van der Waals surface area (Å²) in [6.07, 6.45) is 5.65. The van der Waals surface area contributed by atoms with Gasteiger partial charge < -0.3 is 10.5 Å². The minimum atomic E-state index is -0.306. The average molecular weight is 296 g/mol. The van der Waals surface area contributed by atoms with Crippen LogP contribution in [0, 0.1) is 11.8 Å². The highest BCUT2D eigenvalue weighted by Crippen LogP contribution is 2.42. The van der Waals surface area contributed by atoms with Gasteiger partial charge in [-0.2, -0.15) is 0 Å². The van der Waals surface area contributed by atoms with Crippen molar-refractivity contribution in [2.75, 3.05) is 7.11 Å². The van der Waals surface area contributed by atoms with Crippen molar-refractivity contribution in [2.45, 2.75) is 51.5 Å². The Bertz CT molecular complexity index is 460. The molecule has 2 N–H and O–H groups in total. The van der Waals surface area contributed by atoms with Crippen LogP contribution in [0.15, 0.2) is 18.2 Å². The Labute approximate surface area is 127 Å². The molecule has 2 atom stereocenters. The van der Waals surface area contributed by atoms with Crippen molar-refractivity contribution in [1.82, 2.24) is 0 Å². The number of rotatable bonds is 3. The Hall–Kier alpha value is -0.730. The molecule has 0 amide bonds. The molecule has 112 valence electrons.